The molecule has 0 N–H and O–H groups in total. The molecule has 1 aromatic rings. The number of benzene rings is 1. The van der Waals surface area contributed by atoms with Crippen LogP contribution in [0.4, 0.5) is 0 Å². The predicted molar refractivity (Wildman–Crippen MR) is 103 cm³/mol. The molecule has 3 aliphatic carbocycles. The maximum absolute atomic E-state index is 12.9. The first-order valence-corrected chi connectivity index (χ1v) is 9.62. The molecule has 3 atom stereocenters. The average molecular weight is 330 g/mol. The Morgan fingerprint density at radius 1 is 1.04 bits per heavy atom. The van der Waals surface area contributed by atoms with Crippen molar-refractivity contribution in [3.8, 4) is 0 Å². The summed E-state index contributed by atoms with van der Waals surface area (Å²) in [7, 11) is 0. The maximum atomic E-state index is 12.9. The van der Waals surface area contributed by atoms with E-state index in [4.69, 9.17) is 0 Å². The molecule has 3 unspecified atom stereocenters. The van der Waals surface area contributed by atoms with Crippen LogP contribution in [-0.2, 0) is 11.2 Å². The van der Waals surface area contributed by atoms with E-state index in [1.807, 2.05) is 6.07 Å². The van der Waals surface area contributed by atoms with E-state index in [0.717, 1.165) is 32.1 Å². The van der Waals surface area contributed by atoms with Crippen molar-refractivity contribution >= 4 is 5.78 Å². The summed E-state index contributed by atoms with van der Waals surface area (Å²) >= 11 is 0. The molecule has 3 aliphatic rings. The minimum Gasteiger partial charge on any atom is -0.299 e. The summed E-state index contributed by atoms with van der Waals surface area (Å²) in [6, 6.07) is 10.4. The molecular weight excluding hydrogens is 304 g/mol. The molecule has 128 valence electrons. The molecule has 1 fully saturated rings. The lowest BCUT2D eigenvalue weighted by Gasteiger charge is -2.23. The van der Waals surface area contributed by atoms with Crippen molar-refractivity contribution in [1.29, 1.82) is 0 Å². The normalized spacial score (nSPS) is 27.6. The third-order valence-electron chi connectivity index (χ3n) is 6.01. The average Bonchev–Trinajstić information content (AvgIpc) is 3.31. The van der Waals surface area contributed by atoms with E-state index in [-0.39, 0.29) is 5.92 Å². The molecule has 1 saturated carbocycles. The van der Waals surface area contributed by atoms with Crippen LogP contribution in [0.25, 0.3) is 0 Å². The van der Waals surface area contributed by atoms with Crippen molar-refractivity contribution in [1.82, 2.24) is 0 Å². The van der Waals surface area contributed by atoms with Crippen molar-refractivity contribution in [3.63, 3.8) is 0 Å². The third kappa shape index (κ3) is 3.61. The Hall–Kier alpha value is -2.15. The Labute approximate surface area is 150 Å². The van der Waals surface area contributed by atoms with Crippen molar-refractivity contribution in [2.75, 3.05) is 0 Å². The number of carbonyl (C=O) groups excluding carboxylic acids is 1. The van der Waals surface area contributed by atoms with Crippen LogP contribution in [0.2, 0.25) is 0 Å². The Morgan fingerprint density at radius 3 is 2.72 bits per heavy atom. The van der Waals surface area contributed by atoms with E-state index in [2.05, 4.69) is 60.7 Å². The molecule has 25 heavy (non-hydrogen) atoms. The minimum atomic E-state index is 0.218. The number of allylic oxidation sites excluding steroid dienone is 8. The molecule has 1 nitrogen and oxygen atoms in total. The lowest BCUT2D eigenvalue weighted by atomic mass is 9.80. The maximum Gasteiger partial charge on any atom is 0.136 e. The van der Waals surface area contributed by atoms with Gasteiger partial charge >= 0.3 is 0 Å². The number of Topliss-reactive ketones (excluding diaryl/α,β-unsaturated/α-hetero) is 1. The van der Waals surface area contributed by atoms with Crippen LogP contribution < -0.4 is 0 Å². The molecule has 0 spiro atoms. The van der Waals surface area contributed by atoms with E-state index in [9.17, 15) is 4.79 Å². The van der Waals surface area contributed by atoms with Crippen molar-refractivity contribution in [3.05, 3.63) is 83.5 Å². The molecule has 0 aliphatic heterocycles. The van der Waals surface area contributed by atoms with E-state index < -0.39 is 0 Å². The van der Waals surface area contributed by atoms with Crippen LogP contribution in [0.1, 0.15) is 37.7 Å². The second-order valence-corrected chi connectivity index (χ2v) is 7.55. The monoisotopic (exact) mass is 330 g/mol. The van der Waals surface area contributed by atoms with Gasteiger partial charge in [-0.25, -0.2) is 0 Å². The summed E-state index contributed by atoms with van der Waals surface area (Å²) in [5.74, 6) is 1.70. The first-order chi connectivity index (χ1) is 12.3. The predicted octanol–water partition coefficient (Wildman–Crippen LogP) is 5.60. The van der Waals surface area contributed by atoms with Gasteiger partial charge in [-0.05, 0) is 43.6 Å². The quantitative estimate of drug-likeness (QED) is 0.686. The number of aryl methyl sites for hydroxylation is 1. The van der Waals surface area contributed by atoms with Crippen LogP contribution in [0, 0.1) is 17.8 Å². The number of hydrogen-bond acceptors (Lipinski definition) is 1. The summed E-state index contributed by atoms with van der Waals surface area (Å²) in [5.41, 5.74) is 4.32. The first-order valence-electron chi connectivity index (χ1n) is 9.62. The number of fused-ring (bicyclic) bond motifs is 1. The Balaban J connectivity index is 1.45. The second kappa shape index (κ2) is 7.39. The SMILES string of the molecule is O=C(CCc1ccccc1)C1CCC2C=CC=C2C(C2=CC=CC2)C1. The number of ketones is 1. The molecule has 4 rings (SSSR count). The van der Waals surface area contributed by atoms with Gasteiger partial charge in [0.2, 0.25) is 0 Å². The highest BCUT2D eigenvalue weighted by molar-refractivity contribution is 5.81. The van der Waals surface area contributed by atoms with Crippen LogP contribution >= 0.6 is 0 Å². The standard InChI is InChI=1S/C24H26O/c25-24(16-13-18-7-2-1-3-8-18)21-15-14-20-11-6-12-22(20)23(17-21)19-9-4-5-10-19/h1-9,11-12,20-21,23H,10,13-17H2. The van der Waals surface area contributed by atoms with Gasteiger partial charge in [0, 0.05) is 18.3 Å². The van der Waals surface area contributed by atoms with Gasteiger partial charge in [0.1, 0.15) is 5.78 Å². The van der Waals surface area contributed by atoms with Crippen LogP contribution in [0.3, 0.4) is 0 Å². The molecular formula is C24H26O. The van der Waals surface area contributed by atoms with Crippen molar-refractivity contribution in [2.24, 2.45) is 17.8 Å². The number of hydrogen-bond donors (Lipinski definition) is 0. The van der Waals surface area contributed by atoms with Crippen LogP contribution in [-0.4, -0.2) is 5.78 Å². The van der Waals surface area contributed by atoms with E-state index >= 15 is 0 Å². The molecule has 0 heterocycles. The van der Waals surface area contributed by atoms with Crippen molar-refractivity contribution in [2.45, 2.75) is 38.5 Å². The Kier molecular flexibility index (Phi) is 4.83. The highest BCUT2D eigenvalue weighted by atomic mass is 16.1. The zero-order valence-corrected chi connectivity index (χ0v) is 14.7. The van der Waals surface area contributed by atoms with Gasteiger partial charge in [-0.3, -0.25) is 4.79 Å². The molecule has 0 aromatic heterocycles. The fourth-order valence-electron chi connectivity index (χ4n) is 4.59. The lowest BCUT2D eigenvalue weighted by molar-refractivity contribution is -0.123. The third-order valence-corrected chi connectivity index (χ3v) is 6.01. The fourth-order valence-corrected chi connectivity index (χ4v) is 4.59. The summed E-state index contributed by atoms with van der Waals surface area (Å²) in [4.78, 5) is 12.9. The highest BCUT2D eigenvalue weighted by Gasteiger charge is 2.34. The zero-order valence-electron chi connectivity index (χ0n) is 14.7. The lowest BCUT2D eigenvalue weighted by Crippen LogP contribution is -2.19. The minimum absolute atomic E-state index is 0.218. The van der Waals surface area contributed by atoms with E-state index in [1.54, 1.807) is 5.57 Å². The molecule has 1 heteroatoms. The fraction of sp³-hybridized carbons (Fsp3) is 0.375. The van der Waals surface area contributed by atoms with Gasteiger partial charge in [-0.1, -0.05) is 77.9 Å². The summed E-state index contributed by atoms with van der Waals surface area (Å²) < 4.78 is 0. The van der Waals surface area contributed by atoms with Gasteiger partial charge in [-0.2, -0.15) is 0 Å². The topological polar surface area (TPSA) is 17.1 Å². The Morgan fingerprint density at radius 2 is 1.92 bits per heavy atom. The number of carbonyl (C=O) groups is 1. The van der Waals surface area contributed by atoms with Crippen LogP contribution in [0.15, 0.2) is 77.9 Å². The van der Waals surface area contributed by atoms with Gasteiger partial charge in [-0.15, -0.1) is 0 Å². The molecule has 0 bridgehead atoms. The molecule has 0 amide bonds. The number of rotatable bonds is 5. The van der Waals surface area contributed by atoms with E-state index in [1.165, 1.54) is 11.1 Å². The smallest absolute Gasteiger partial charge is 0.136 e. The Bertz CT molecular complexity index is 748. The largest absolute Gasteiger partial charge is 0.299 e. The summed E-state index contributed by atoms with van der Waals surface area (Å²) in [6.45, 7) is 0. The summed E-state index contributed by atoms with van der Waals surface area (Å²) in [6.07, 6.45) is 19.3. The van der Waals surface area contributed by atoms with Gasteiger partial charge < -0.3 is 0 Å². The van der Waals surface area contributed by atoms with Gasteiger partial charge in [0.25, 0.3) is 0 Å². The van der Waals surface area contributed by atoms with E-state index in [0.29, 0.717) is 24.0 Å². The first kappa shape index (κ1) is 16.3. The van der Waals surface area contributed by atoms with Crippen molar-refractivity contribution < 1.29 is 4.79 Å². The zero-order chi connectivity index (χ0) is 17.1. The van der Waals surface area contributed by atoms with Crippen LogP contribution in [0.5, 0.6) is 0 Å². The molecule has 1 aromatic carbocycles. The highest BCUT2D eigenvalue weighted by Crippen LogP contribution is 2.44. The molecule has 0 saturated heterocycles. The second-order valence-electron chi connectivity index (χ2n) is 7.55. The van der Waals surface area contributed by atoms with Gasteiger partial charge in [0.15, 0.2) is 0 Å². The molecule has 0 radical (unpaired) electrons. The van der Waals surface area contributed by atoms with Gasteiger partial charge in [0.05, 0.1) is 0 Å². The summed E-state index contributed by atoms with van der Waals surface area (Å²) in [5, 5.41) is 0.